The van der Waals surface area contributed by atoms with Gasteiger partial charge in [0.15, 0.2) is 5.84 Å². The largest absolute Gasteiger partial charge is 0.409 e. The smallest absolute Gasteiger partial charge is 0.153 e. The minimum atomic E-state index is 0.257. The van der Waals surface area contributed by atoms with Gasteiger partial charge in [0.25, 0.3) is 0 Å². The third-order valence-electron chi connectivity index (χ3n) is 1.88. The molecule has 0 amide bonds. The van der Waals surface area contributed by atoms with E-state index in [9.17, 15) is 0 Å². The van der Waals surface area contributed by atoms with Crippen molar-refractivity contribution in [2.75, 3.05) is 13.6 Å². The van der Waals surface area contributed by atoms with Gasteiger partial charge in [-0.05, 0) is 20.4 Å². The van der Waals surface area contributed by atoms with Crippen LogP contribution in [0.15, 0.2) is 5.16 Å². The predicted molar refractivity (Wildman–Crippen MR) is 45.8 cm³/mol. The standard InChI is InChI=1S/C7H17N3O/c1-4-6(2)10(3)5-7(8)9-11/h6,11H,4-5H2,1-3H3,(H2,8,9). The lowest BCUT2D eigenvalue weighted by Gasteiger charge is -2.22. The summed E-state index contributed by atoms with van der Waals surface area (Å²) in [5.41, 5.74) is 5.32. The van der Waals surface area contributed by atoms with Crippen LogP contribution in [0.25, 0.3) is 0 Å². The Balaban J connectivity index is 3.76. The molecule has 0 aromatic rings. The van der Waals surface area contributed by atoms with Crippen LogP contribution >= 0.6 is 0 Å². The summed E-state index contributed by atoms with van der Waals surface area (Å²) < 4.78 is 0. The van der Waals surface area contributed by atoms with Gasteiger partial charge in [0.05, 0.1) is 6.54 Å². The average Bonchev–Trinajstić information content (AvgIpc) is 2.02. The second kappa shape index (κ2) is 4.96. The molecule has 11 heavy (non-hydrogen) atoms. The van der Waals surface area contributed by atoms with Crippen molar-refractivity contribution in [1.29, 1.82) is 0 Å². The lowest BCUT2D eigenvalue weighted by atomic mass is 10.2. The van der Waals surface area contributed by atoms with Crippen LogP contribution in [-0.4, -0.2) is 35.6 Å². The molecule has 0 radical (unpaired) electrons. The highest BCUT2D eigenvalue weighted by atomic mass is 16.4. The molecule has 1 atom stereocenters. The molecule has 0 saturated heterocycles. The Morgan fingerprint density at radius 3 is 2.64 bits per heavy atom. The van der Waals surface area contributed by atoms with E-state index >= 15 is 0 Å². The number of nitrogens with two attached hydrogens (primary N) is 1. The van der Waals surface area contributed by atoms with Gasteiger partial charge in [-0.25, -0.2) is 0 Å². The Labute approximate surface area is 67.7 Å². The maximum Gasteiger partial charge on any atom is 0.153 e. The van der Waals surface area contributed by atoms with Crippen LogP contribution in [0.4, 0.5) is 0 Å². The molecule has 0 aromatic heterocycles. The van der Waals surface area contributed by atoms with E-state index in [1.165, 1.54) is 0 Å². The summed E-state index contributed by atoms with van der Waals surface area (Å²) in [6.07, 6.45) is 1.06. The molecule has 0 aliphatic heterocycles. The molecule has 4 heteroatoms. The number of hydrogen-bond acceptors (Lipinski definition) is 3. The van der Waals surface area contributed by atoms with E-state index in [0.717, 1.165) is 6.42 Å². The van der Waals surface area contributed by atoms with E-state index in [1.54, 1.807) is 0 Å². The van der Waals surface area contributed by atoms with Gasteiger partial charge >= 0.3 is 0 Å². The molecule has 0 heterocycles. The van der Waals surface area contributed by atoms with E-state index in [4.69, 9.17) is 10.9 Å². The summed E-state index contributed by atoms with van der Waals surface area (Å²) in [5, 5.41) is 11.2. The van der Waals surface area contributed by atoms with Crippen molar-refractivity contribution in [1.82, 2.24) is 4.90 Å². The van der Waals surface area contributed by atoms with Crippen LogP contribution in [0.2, 0.25) is 0 Å². The van der Waals surface area contributed by atoms with E-state index in [-0.39, 0.29) is 5.84 Å². The van der Waals surface area contributed by atoms with Gasteiger partial charge in [0.2, 0.25) is 0 Å². The van der Waals surface area contributed by atoms with Crippen LogP contribution in [0, 0.1) is 0 Å². The first kappa shape index (κ1) is 10.2. The fourth-order valence-corrected chi connectivity index (χ4v) is 0.755. The molecule has 3 N–H and O–H groups in total. The van der Waals surface area contributed by atoms with Crippen molar-refractivity contribution in [3.05, 3.63) is 0 Å². The molecule has 4 nitrogen and oxygen atoms in total. The summed E-state index contributed by atoms with van der Waals surface area (Å²) in [7, 11) is 1.95. The van der Waals surface area contributed by atoms with Crippen LogP contribution in [0.1, 0.15) is 20.3 Å². The number of oxime groups is 1. The zero-order valence-corrected chi connectivity index (χ0v) is 7.41. The Morgan fingerprint density at radius 1 is 1.73 bits per heavy atom. The average molecular weight is 159 g/mol. The highest BCUT2D eigenvalue weighted by Gasteiger charge is 2.07. The monoisotopic (exact) mass is 159 g/mol. The molecule has 0 aromatic carbocycles. The van der Waals surface area contributed by atoms with Crippen molar-refractivity contribution in [3.63, 3.8) is 0 Å². The molecule has 0 aliphatic carbocycles. The predicted octanol–water partition coefficient (Wildman–Crippen LogP) is 0.463. The number of amidine groups is 1. The summed E-state index contributed by atoms with van der Waals surface area (Å²) in [6, 6.07) is 0.468. The summed E-state index contributed by atoms with van der Waals surface area (Å²) in [4.78, 5) is 2.04. The molecule has 1 unspecified atom stereocenters. The Hall–Kier alpha value is -0.770. The first-order valence-corrected chi connectivity index (χ1v) is 3.78. The SMILES string of the molecule is CCC(C)N(C)C/C(N)=N/O. The fourth-order valence-electron chi connectivity index (χ4n) is 0.755. The van der Waals surface area contributed by atoms with Crippen molar-refractivity contribution in [3.8, 4) is 0 Å². The van der Waals surface area contributed by atoms with Crippen LogP contribution < -0.4 is 5.73 Å². The summed E-state index contributed by atoms with van der Waals surface area (Å²) in [5.74, 6) is 0.257. The highest BCUT2D eigenvalue weighted by Crippen LogP contribution is 1.98. The van der Waals surface area contributed by atoms with Crippen molar-refractivity contribution < 1.29 is 5.21 Å². The van der Waals surface area contributed by atoms with Gasteiger partial charge in [-0.1, -0.05) is 12.1 Å². The maximum absolute atomic E-state index is 8.27. The van der Waals surface area contributed by atoms with E-state index in [2.05, 4.69) is 19.0 Å². The van der Waals surface area contributed by atoms with Crippen LogP contribution in [-0.2, 0) is 0 Å². The van der Waals surface area contributed by atoms with Crippen LogP contribution in [0.3, 0.4) is 0 Å². The Kier molecular flexibility index (Phi) is 4.61. The molecule has 66 valence electrons. The summed E-state index contributed by atoms with van der Waals surface area (Å²) >= 11 is 0. The normalized spacial score (nSPS) is 15.5. The second-order valence-corrected chi connectivity index (χ2v) is 2.76. The van der Waals surface area contributed by atoms with Crippen molar-refractivity contribution in [2.45, 2.75) is 26.3 Å². The number of nitrogens with zero attached hydrogens (tertiary/aromatic N) is 2. The minimum Gasteiger partial charge on any atom is -0.409 e. The molecule has 0 fully saturated rings. The van der Waals surface area contributed by atoms with Gasteiger partial charge < -0.3 is 10.9 Å². The fraction of sp³-hybridized carbons (Fsp3) is 0.857. The third kappa shape index (κ3) is 3.83. The molecule has 0 rings (SSSR count). The second-order valence-electron chi connectivity index (χ2n) is 2.76. The topological polar surface area (TPSA) is 61.8 Å². The van der Waals surface area contributed by atoms with E-state index in [0.29, 0.717) is 12.6 Å². The number of rotatable bonds is 4. The highest BCUT2D eigenvalue weighted by molar-refractivity contribution is 5.81. The van der Waals surface area contributed by atoms with Crippen molar-refractivity contribution >= 4 is 5.84 Å². The Bertz CT molecular complexity index is 136. The molecule has 0 saturated carbocycles. The zero-order chi connectivity index (χ0) is 8.85. The van der Waals surface area contributed by atoms with Gasteiger partial charge in [-0.15, -0.1) is 0 Å². The summed E-state index contributed by atoms with van der Waals surface area (Å²) in [6.45, 7) is 4.73. The molecule has 0 spiro atoms. The zero-order valence-electron chi connectivity index (χ0n) is 7.41. The van der Waals surface area contributed by atoms with Gasteiger partial charge in [0.1, 0.15) is 0 Å². The molecule has 0 bridgehead atoms. The van der Waals surface area contributed by atoms with E-state index < -0.39 is 0 Å². The minimum absolute atomic E-state index is 0.257. The number of likely N-dealkylation sites (N-methyl/N-ethyl adjacent to an activating group) is 1. The third-order valence-corrected chi connectivity index (χ3v) is 1.88. The molecular weight excluding hydrogens is 142 g/mol. The molecule has 0 aliphatic rings. The quantitative estimate of drug-likeness (QED) is 0.271. The van der Waals surface area contributed by atoms with Crippen molar-refractivity contribution in [2.24, 2.45) is 10.9 Å². The Morgan fingerprint density at radius 2 is 2.27 bits per heavy atom. The first-order valence-electron chi connectivity index (χ1n) is 3.78. The maximum atomic E-state index is 8.27. The lowest BCUT2D eigenvalue weighted by Crippen LogP contribution is -2.36. The van der Waals surface area contributed by atoms with E-state index in [1.807, 2.05) is 11.9 Å². The van der Waals surface area contributed by atoms with Gasteiger partial charge in [-0.2, -0.15) is 0 Å². The van der Waals surface area contributed by atoms with Gasteiger partial charge in [-0.3, -0.25) is 4.90 Å². The lowest BCUT2D eigenvalue weighted by molar-refractivity contribution is 0.274. The number of hydrogen-bond donors (Lipinski definition) is 2. The first-order chi connectivity index (χ1) is 5.11. The van der Waals surface area contributed by atoms with Gasteiger partial charge in [0, 0.05) is 6.04 Å². The molecular formula is C7H17N3O. The van der Waals surface area contributed by atoms with Crippen LogP contribution in [0.5, 0.6) is 0 Å².